The highest BCUT2D eigenvalue weighted by Gasteiger charge is 2.39. The van der Waals surface area contributed by atoms with Gasteiger partial charge in [0.25, 0.3) is 0 Å². The maximum Gasteiger partial charge on any atom is 0.389 e. The molecule has 1 nitrogen and oxygen atoms in total. The van der Waals surface area contributed by atoms with Crippen LogP contribution in [0.1, 0.15) is 45.4 Å². The fourth-order valence-corrected chi connectivity index (χ4v) is 2.13. The average molecular weight is 210 g/mol. The second kappa shape index (κ2) is 4.09. The molecule has 1 fully saturated rings. The van der Waals surface area contributed by atoms with Crippen molar-refractivity contribution in [2.75, 3.05) is 0 Å². The van der Waals surface area contributed by atoms with Gasteiger partial charge in [0.05, 0.1) is 5.60 Å². The fourth-order valence-electron chi connectivity index (χ4n) is 2.13. The number of rotatable bonds is 2. The van der Waals surface area contributed by atoms with Crippen LogP contribution in [0.5, 0.6) is 0 Å². The van der Waals surface area contributed by atoms with Gasteiger partial charge >= 0.3 is 6.18 Å². The molecule has 0 amide bonds. The van der Waals surface area contributed by atoms with Crippen LogP contribution >= 0.6 is 0 Å². The second-order valence-electron chi connectivity index (χ2n) is 4.37. The Morgan fingerprint density at radius 1 is 1.36 bits per heavy atom. The Morgan fingerprint density at radius 2 is 2.00 bits per heavy atom. The van der Waals surface area contributed by atoms with E-state index >= 15 is 0 Å². The third kappa shape index (κ3) is 3.15. The van der Waals surface area contributed by atoms with Crippen LogP contribution in [0, 0.1) is 5.92 Å². The first-order valence-electron chi connectivity index (χ1n) is 5.13. The Bertz CT molecular complexity index is 190. The van der Waals surface area contributed by atoms with Gasteiger partial charge in [-0.05, 0) is 25.2 Å². The van der Waals surface area contributed by atoms with Crippen molar-refractivity contribution >= 4 is 0 Å². The Labute approximate surface area is 82.3 Å². The predicted octanol–water partition coefficient (Wildman–Crippen LogP) is 3.27. The van der Waals surface area contributed by atoms with Gasteiger partial charge in [0.2, 0.25) is 0 Å². The van der Waals surface area contributed by atoms with Crippen LogP contribution in [0.25, 0.3) is 0 Å². The Kier molecular flexibility index (Phi) is 3.45. The van der Waals surface area contributed by atoms with Crippen LogP contribution < -0.4 is 0 Å². The lowest BCUT2D eigenvalue weighted by atomic mass is 9.74. The predicted molar refractivity (Wildman–Crippen MR) is 47.9 cm³/mol. The lowest BCUT2D eigenvalue weighted by molar-refractivity contribution is -0.154. The zero-order valence-corrected chi connectivity index (χ0v) is 8.40. The molecule has 2 atom stereocenters. The molecule has 1 aliphatic carbocycles. The van der Waals surface area contributed by atoms with E-state index in [1.54, 1.807) is 0 Å². The van der Waals surface area contributed by atoms with E-state index in [1.807, 2.05) is 6.92 Å². The van der Waals surface area contributed by atoms with E-state index in [-0.39, 0.29) is 12.3 Å². The lowest BCUT2D eigenvalue weighted by Crippen LogP contribution is -2.40. The van der Waals surface area contributed by atoms with Crippen molar-refractivity contribution in [3.63, 3.8) is 0 Å². The Balaban J connectivity index is 2.47. The van der Waals surface area contributed by atoms with E-state index in [0.29, 0.717) is 6.42 Å². The molecule has 0 aromatic carbocycles. The summed E-state index contributed by atoms with van der Waals surface area (Å²) < 4.78 is 36.0. The number of hydrogen-bond acceptors (Lipinski definition) is 1. The van der Waals surface area contributed by atoms with Crippen LogP contribution in [-0.4, -0.2) is 16.9 Å². The van der Waals surface area contributed by atoms with Gasteiger partial charge in [-0.15, -0.1) is 0 Å². The molecule has 0 spiro atoms. The highest BCUT2D eigenvalue weighted by molar-refractivity contribution is 4.88. The second-order valence-corrected chi connectivity index (χ2v) is 4.37. The zero-order valence-electron chi connectivity index (χ0n) is 8.40. The number of halogens is 3. The molecule has 1 N–H and O–H groups in total. The summed E-state index contributed by atoms with van der Waals surface area (Å²) in [5, 5.41) is 10.0. The first-order valence-corrected chi connectivity index (χ1v) is 5.13. The fraction of sp³-hybridized carbons (Fsp3) is 1.00. The SMILES string of the molecule is CC1CCCCC1(O)CCC(F)(F)F. The van der Waals surface area contributed by atoms with Crippen molar-refractivity contribution in [1.82, 2.24) is 0 Å². The van der Waals surface area contributed by atoms with E-state index in [9.17, 15) is 18.3 Å². The van der Waals surface area contributed by atoms with Crippen LogP contribution in [-0.2, 0) is 0 Å². The van der Waals surface area contributed by atoms with Gasteiger partial charge in [0, 0.05) is 6.42 Å². The van der Waals surface area contributed by atoms with E-state index in [2.05, 4.69) is 0 Å². The largest absolute Gasteiger partial charge is 0.390 e. The van der Waals surface area contributed by atoms with Crippen molar-refractivity contribution in [3.8, 4) is 0 Å². The molecule has 0 heterocycles. The molecule has 1 saturated carbocycles. The van der Waals surface area contributed by atoms with E-state index < -0.39 is 18.2 Å². The highest BCUT2D eigenvalue weighted by atomic mass is 19.4. The highest BCUT2D eigenvalue weighted by Crippen LogP contribution is 2.39. The maximum atomic E-state index is 12.0. The summed E-state index contributed by atoms with van der Waals surface area (Å²) in [6.45, 7) is 1.84. The first-order chi connectivity index (χ1) is 6.33. The Hall–Kier alpha value is -0.250. The van der Waals surface area contributed by atoms with Gasteiger partial charge in [-0.1, -0.05) is 19.8 Å². The van der Waals surface area contributed by atoms with Gasteiger partial charge in [0.15, 0.2) is 0 Å². The molecule has 0 aliphatic heterocycles. The van der Waals surface area contributed by atoms with Crippen molar-refractivity contribution in [2.45, 2.75) is 57.2 Å². The smallest absolute Gasteiger partial charge is 0.389 e. The molecule has 0 bridgehead atoms. The third-order valence-corrected chi connectivity index (χ3v) is 3.26. The molecular formula is C10H17F3O. The summed E-state index contributed by atoms with van der Waals surface area (Å²) in [5.41, 5.74) is -1.08. The van der Waals surface area contributed by atoms with Gasteiger partial charge in [-0.3, -0.25) is 0 Å². The number of hydrogen-bond donors (Lipinski definition) is 1. The van der Waals surface area contributed by atoms with Crippen LogP contribution in [0.2, 0.25) is 0 Å². The monoisotopic (exact) mass is 210 g/mol. The molecule has 0 radical (unpaired) electrons. The molecule has 0 saturated heterocycles. The van der Waals surface area contributed by atoms with Crippen molar-refractivity contribution in [1.29, 1.82) is 0 Å². The normalized spacial score (nSPS) is 34.5. The molecule has 1 rings (SSSR count). The van der Waals surface area contributed by atoms with Crippen molar-refractivity contribution < 1.29 is 18.3 Å². The van der Waals surface area contributed by atoms with E-state index in [0.717, 1.165) is 19.3 Å². The zero-order chi connectivity index (χ0) is 10.8. The molecule has 2 unspecified atom stereocenters. The summed E-state index contributed by atoms with van der Waals surface area (Å²) in [5.74, 6) is -0.00130. The third-order valence-electron chi connectivity index (χ3n) is 3.26. The van der Waals surface area contributed by atoms with E-state index in [4.69, 9.17) is 0 Å². The molecule has 84 valence electrons. The van der Waals surface area contributed by atoms with E-state index in [1.165, 1.54) is 0 Å². The quantitative estimate of drug-likeness (QED) is 0.741. The molecule has 1 aliphatic rings. The van der Waals surface area contributed by atoms with Crippen LogP contribution in [0.15, 0.2) is 0 Å². The van der Waals surface area contributed by atoms with Crippen molar-refractivity contribution in [3.05, 3.63) is 0 Å². The summed E-state index contributed by atoms with van der Waals surface area (Å²) in [6.07, 6.45) is -1.93. The van der Waals surface area contributed by atoms with Gasteiger partial charge in [-0.2, -0.15) is 13.2 Å². The Morgan fingerprint density at radius 3 is 2.50 bits per heavy atom. The minimum absolute atomic E-state index is 0.00130. The maximum absolute atomic E-state index is 12.0. The van der Waals surface area contributed by atoms with Crippen molar-refractivity contribution in [2.24, 2.45) is 5.92 Å². The summed E-state index contributed by atoms with van der Waals surface area (Å²) in [6, 6.07) is 0. The number of aliphatic hydroxyl groups is 1. The molecule has 0 aromatic heterocycles. The summed E-state index contributed by atoms with van der Waals surface area (Å²) in [7, 11) is 0. The van der Waals surface area contributed by atoms with Crippen LogP contribution in [0.3, 0.4) is 0 Å². The minimum Gasteiger partial charge on any atom is -0.390 e. The van der Waals surface area contributed by atoms with Gasteiger partial charge in [0.1, 0.15) is 0 Å². The molecule has 0 aromatic rings. The molecule has 4 heteroatoms. The minimum atomic E-state index is -4.15. The topological polar surface area (TPSA) is 20.2 Å². The molecular weight excluding hydrogens is 193 g/mol. The summed E-state index contributed by atoms with van der Waals surface area (Å²) >= 11 is 0. The van der Waals surface area contributed by atoms with Gasteiger partial charge < -0.3 is 5.11 Å². The van der Waals surface area contributed by atoms with Gasteiger partial charge in [-0.25, -0.2) is 0 Å². The average Bonchev–Trinajstić information content (AvgIpc) is 2.06. The van der Waals surface area contributed by atoms with Crippen LogP contribution in [0.4, 0.5) is 13.2 Å². The molecule has 14 heavy (non-hydrogen) atoms. The first kappa shape index (κ1) is 11.8. The summed E-state index contributed by atoms with van der Waals surface area (Å²) in [4.78, 5) is 0. The lowest BCUT2D eigenvalue weighted by Gasteiger charge is -2.38. The number of alkyl halides is 3. The standard InChI is InChI=1S/C10H17F3O/c1-8-4-2-3-5-9(8,14)6-7-10(11,12)13/h8,14H,2-7H2,1H3.